The lowest BCUT2D eigenvalue weighted by atomic mass is 10.3. The fourth-order valence-electron chi connectivity index (χ4n) is 12.3. The van der Waals surface area contributed by atoms with Gasteiger partial charge in [0.05, 0.1) is 46.1 Å². The van der Waals surface area contributed by atoms with Crippen molar-refractivity contribution in [1.82, 2.24) is 0 Å². The average molecular weight is 1100 g/mol. The fraction of sp³-hybridized carbons (Fsp3) is 0.552. The zero-order chi connectivity index (χ0) is 53.1. The highest BCUT2D eigenvalue weighted by atomic mass is 32.2. The van der Waals surface area contributed by atoms with Crippen molar-refractivity contribution in [2.75, 3.05) is 10.7 Å². The monoisotopic (exact) mass is 1100 g/mol. The van der Waals surface area contributed by atoms with E-state index in [4.69, 9.17) is 0 Å². The molecule has 0 bridgehead atoms. The molecule has 0 aliphatic carbocycles. The Kier molecular flexibility index (Phi) is 28.7. The summed E-state index contributed by atoms with van der Waals surface area (Å²) in [5.74, 6) is 0. The van der Waals surface area contributed by atoms with Crippen molar-refractivity contribution in [3.8, 4) is 0 Å². The predicted octanol–water partition coefficient (Wildman–Crippen LogP) is 19.5. The van der Waals surface area contributed by atoms with Gasteiger partial charge in [-0.3, -0.25) is 0 Å². The van der Waals surface area contributed by atoms with E-state index in [0.717, 1.165) is 0 Å². The van der Waals surface area contributed by atoms with Crippen molar-refractivity contribution in [2.24, 2.45) is 0 Å². The highest BCUT2D eigenvalue weighted by molar-refractivity contribution is 7.99. The van der Waals surface area contributed by atoms with Gasteiger partial charge in [-0.05, 0) is 18.4 Å². The second-order valence-electron chi connectivity index (χ2n) is 22.3. The molecule has 1 unspecified atom stereocenters. The van der Waals surface area contributed by atoms with Gasteiger partial charge in [-0.2, -0.15) is 0 Å². The molecule has 0 fully saturated rings. The van der Waals surface area contributed by atoms with Gasteiger partial charge in [-0.25, -0.2) is 0 Å². The summed E-state index contributed by atoms with van der Waals surface area (Å²) < 4.78 is 3.02. The van der Waals surface area contributed by atoms with Crippen LogP contribution in [0.4, 0.5) is 5.69 Å². The van der Waals surface area contributed by atoms with Crippen LogP contribution in [0.15, 0.2) is 132 Å². The topological polar surface area (TPSA) is 3.24 Å². The van der Waals surface area contributed by atoms with Crippen LogP contribution < -0.4 is 41.2 Å². The van der Waals surface area contributed by atoms with E-state index >= 15 is 0 Å². The summed E-state index contributed by atoms with van der Waals surface area (Å²) in [5.41, 5.74) is 1.38. The third-order valence-corrected chi connectivity index (χ3v) is 39.6. The third-order valence-electron chi connectivity index (χ3n) is 16.9. The summed E-state index contributed by atoms with van der Waals surface area (Å²) in [7, 11) is -7.16. The summed E-state index contributed by atoms with van der Waals surface area (Å²) in [4.78, 5) is 1.37. The van der Waals surface area contributed by atoms with E-state index in [-0.39, 0.29) is 0 Å². The minimum absolute atomic E-state index is 1.01. The average Bonchev–Trinajstić information content (AvgIpc) is 3.45. The first-order valence-corrected chi connectivity index (χ1v) is 42.3. The van der Waals surface area contributed by atoms with Crippen LogP contribution in [0.2, 0.25) is 54.4 Å². The molecule has 5 aromatic rings. The van der Waals surface area contributed by atoms with Crippen LogP contribution in [0.3, 0.4) is 0 Å². The zero-order valence-electron chi connectivity index (χ0n) is 49.0. The molecule has 7 heteroatoms. The van der Waals surface area contributed by atoms with Crippen molar-refractivity contribution >= 4 is 94.6 Å². The highest BCUT2D eigenvalue weighted by Crippen LogP contribution is 2.58. The van der Waals surface area contributed by atoms with E-state index in [1.807, 2.05) is 11.8 Å². The maximum Gasteiger partial charge on any atom is 0.0867 e. The fourth-order valence-corrected chi connectivity index (χ4v) is 35.7. The molecule has 0 aliphatic heterocycles. The summed E-state index contributed by atoms with van der Waals surface area (Å²) in [6.07, 6.45) is 26.2. The van der Waals surface area contributed by atoms with Crippen LogP contribution in [-0.4, -0.2) is 30.5 Å². The lowest BCUT2D eigenvalue weighted by molar-refractivity contribution is 0.800. The number of hydrogen-bond acceptors (Lipinski definition) is 2. The van der Waals surface area contributed by atoms with Gasteiger partial charge < -0.3 is 4.44 Å². The van der Waals surface area contributed by atoms with Gasteiger partial charge in [0.1, 0.15) is 0 Å². The van der Waals surface area contributed by atoms with Crippen molar-refractivity contribution in [1.29, 1.82) is 0 Å². The Bertz CT molecular complexity index is 2110. The largest absolute Gasteiger partial charge is 0.312 e. The minimum atomic E-state index is -1.71. The molecule has 0 N–H and O–H groups in total. The van der Waals surface area contributed by atoms with Crippen LogP contribution in [0.1, 0.15) is 178 Å². The van der Waals surface area contributed by atoms with Gasteiger partial charge in [0.2, 0.25) is 0 Å². The molecule has 1 nitrogen and oxygen atoms in total. The number of anilines is 1. The normalized spacial score (nSPS) is 12.7. The van der Waals surface area contributed by atoms with Gasteiger partial charge in [-0.15, -0.1) is 11.8 Å². The van der Waals surface area contributed by atoms with E-state index in [9.17, 15) is 0 Å². The first-order valence-electron chi connectivity index (χ1n) is 30.6. The Morgan fingerprint density at radius 1 is 0.311 bits per heavy atom. The summed E-state index contributed by atoms with van der Waals surface area (Å²) in [5, 5.41) is 11.1. The molecule has 0 amide bonds. The number of unbranched alkanes of at least 4 members (excludes halogenated alkanes) is 9. The number of rotatable bonds is 38. The number of hydrogen-bond donors (Lipinski definition) is 0. The van der Waals surface area contributed by atoms with Crippen LogP contribution >= 0.6 is 27.9 Å². The van der Waals surface area contributed by atoms with Crippen LogP contribution in [-0.2, 0) is 0 Å². The molecule has 0 aromatic heterocycles. The molecule has 0 heterocycles. The molecule has 0 saturated carbocycles. The first kappa shape index (κ1) is 62.6. The number of thioether (sulfide) groups is 1. The zero-order valence-corrected chi connectivity index (χ0v) is 54.6. The SMILES string of the molecule is CCCC[Si](CCCC)(CCCC)c1ccc(P(c2ccccc2)N(c2ccccc2SC)P(c2ccc([Si](CCCC)(CCCC)CCCC)cc2)c2ccc([Si](CCCC)(CCCC)CCCC)cc2)cc1. The van der Waals surface area contributed by atoms with Gasteiger partial charge in [0, 0.05) is 26.1 Å². The Labute approximate surface area is 466 Å². The van der Waals surface area contributed by atoms with Crippen molar-refractivity contribution in [3.63, 3.8) is 0 Å². The van der Waals surface area contributed by atoms with Crippen LogP contribution in [0.25, 0.3) is 0 Å². The minimum Gasteiger partial charge on any atom is -0.312 e. The Morgan fingerprint density at radius 3 is 0.811 bits per heavy atom. The summed E-state index contributed by atoms with van der Waals surface area (Å²) in [6, 6.07) is 66.1. The second-order valence-corrected chi connectivity index (χ2v) is 41.5. The highest BCUT2D eigenvalue weighted by Gasteiger charge is 2.39. The molecule has 0 aliphatic rings. The lowest BCUT2D eigenvalue weighted by Gasteiger charge is -2.42. The van der Waals surface area contributed by atoms with E-state index in [2.05, 4.69) is 200 Å². The number of benzene rings is 5. The lowest BCUT2D eigenvalue weighted by Crippen LogP contribution is -2.48. The Hall–Kier alpha value is -2.24. The molecule has 5 aromatic carbocycles. The van der Waals surface area contributed by atoms with E-state index in [1.54, 1.807) is 15.6 Å². The van der Waals surface area contributed by atoms with E-state index in [1.165, 1.54) is 202 Å². The van der Waals surface area contributed by atoms with Gasteiger partial charge in [0.15, 0.2) is 0 Å². The molecular weight excluding hydrogens is 997 g/mol. The second kappa shape index (κ2) is 33.9. The standard InChI is InChI=1S/C67H105NP2SSi3/c1-11-20-50-72(51-21-12-2,52-22-13-3)63-44-38-60(39-45-63)69(59-34-30-29-31-35-59)68(66-36-32-33-37-67(66)71-10)70(61-40-46-64(47-41-61)73(53-23-14-4,54-24-15-5)55-25-16-6)62-42-48-65(49-43-62)74(56-26-17-7,57-27-18-8)58-28-19-9/h29-49H,11-28,50-58H2,1-10H3. The van der Waals surface area contributed by atoms with Gasteiger partial charge >= 0.3 is 0 Å². The van der Waals surface area contributed by atoms with Crippen LogP contribution in [0.5, 0.6) is 0 Å². The van der Waals surface area contributed by atoms with Gasteiger partial charge in [0.25, 0.3) is 0 Å². The van der Waals surface area contributed by atoms with Gasteiger partial charge in [-0.1, -0.05) is 363 Å². The molecule has 5 rings (SSSR count). The molecule has 0 spiro atoms. The third kappa shape index (κ3) is 16.9. The summed E-state index contributed by atoms with van der Waals surface area (Å²) >= 11 is 1.92. The smallest absolute Gasteiger partial charge is 0.0867 e. The first-order chi connectivity index (χ1) is 36.2. The number of para-hydroxylation sites is 1. The summed E-state index contributed by atoms with van der Waals surface area (Å²) in [6.45, 7) is 21.7. The molecule has 0 radical (unpaired) electrons. The molecule has 1 atom stereocenters. The Balaban J connectivity index is 1.86. The maximum absolute atomic E-state index is 3.02. The molecular formula is C67H105NP2SSi3. The quantitative estimate of drug-likeness (QED) is 0.0220. The van der Waals surface area contributed by atoms with E-state index in [0.29, 0.717) is 0 Å². The number of nitrogens with zero attached hydrogens (tertiary/aromatic N) is 1. The predicted molar refractivity (Wildman–Crippen MR) is 352 cm³/mol. The maximum atomic E-state index is 3.02. The molecule has 406 valence electrons. The van der Waals surface area contributed by atoms with Crippen molar-refractivity contribution in [2.45, 2.75) is 237 Å². The Morgan fingerprint density at radius 2 is 0.554 bits per heavy atom. The van der Waals surface area contributed by atoms with Crippen molar-refractivity contribution < 1.29 is 0 Å². The van der Waals surface area contributed by atoms with E-state index < -0.39 is 40.4 Å². The van der Waals surface area contributed by atoms with Crippen molar-refractivity contribution in [3.05, 3.63) is 127 Å². The molecule has 0 saturated heterocycles. The van der Waals surface area contributed by atoms with Crippen LogP contribution in [0, 0.1) is 0 Å². The molecule has 74 heavy (non-hydrogen) atoms.